The van der Waals surface area contributed by atoms with Crippen molar-refractivity contribution in [2.24, 2.45) is 11.7 Å². The van der Waals surface area contributed by atoms with Crippen LogP contribution in [0.5, 0.6) is 0 Å². The van der Waals surface area contributed by atoms with Crippen LogP contribution >= 0.6 is 0 Å². The molecule has 0 aromatic rings. The second-order valence-electron chi connectivity index (χ2n) is 5.05. The van der Waals surface area contributed by atoms with E-state index in [1.807, 2.05) is 13.8 Å². The number of carbonyl (C=O) groups excluding carboxylic acids is 1. The summed E-state index contributed by atoms with van der Waals surface area (Å²) in [6.07, 6.45) is 4.73. The van der Waals surface area contributed by atoms with Gasteiger partial charge in [-0.25, -0.2) is 0 Å². The number of carbonyl (C=O) groups is 1. The van der Waals surface area contributed by atoms with E-state index in [1.54, 1.807) is 7.11 Å². The summed E-state index contributed by atoms with van der Waals surface area (Å²) >= 11 is 0. The predicted molar refractivity (Wildman–Crippen MR) is 64.0 cm³/mol. The Morgan fingerprint density at radius 1 is 1.50 bits per heavy atom. The third-order valence-corrected chi connectivity index (χ3v) is 3.61. The monoisotopic (exact) mass is 228 g/mol. The predicted octanol–water partition coefficient (Wildman–Crippen LogP) is 1.05. The second-order valence-corrected chi connectivity index (χ2v) is 5.05. The second kappa shape index (κ2) is 5.64. The van der Waals surface area contributed by atoms with E-state index in [1.165, 1.54) is 12.8 Å². The molecule has 94 valence electrons. The number of rotatable bonds is 6. The first kappa shape index (κ1) is 13.5. The van der Waals surface area contributed by atoms with Gasteiger partial charge in [-0.15, -0.1) is 0 Å². The van der Waals surface area contributed by atoms with Crippen molar-refractivity contribution >= 4 is 5.91 Å². The van der Waals surface area contributed by atoms with Crippen molar-refractivity contribution in [3.05, 3.63) is 0 Å². The number of nitrogens with one attached hydrogen (secondary N) is 1. The van der Waals surface area contributed by atoms with Gasteiger partial charge in [0.05, 0.1) is 6.61 Å². The highest BCUT2D eigenvalue weighted by Crippen LogP contribution is 2.24. The highest BCUT2D eigenvalue weighted by atomic mass is 16.5. The summed E-state index contributed by atoms with van der Waals surface area (Å²) in [5.41, 5.74) is 4.84. The number of hydrogen-bond donors (Lipinski definition) is 2. The van der Waals surface area contributed by atoms with Gasteiger partial charge in [0.25, 0.3) is 0 Å². The molecule has 1 aliphatic carbocycles. The Kier molecular flexibility index (Phi) is 4.74. The van der Waals surface area contributed by atoms with E-state index < -0.39 is 5.54 Å². The first-order chi connectivity index (χ1) is 7.53. The molecule has 0 aromatic heterocycles. The summed E-state index contributed by atoms with van der Waals surface area (Å²) < 4.78 is 5.18. The molecular formula is C12H24N2O2. The maximum atomic E-state index is 11.7. The van der Waals surface area contributed by atoms with Gasteiger partial charge in [0.1, 0.15) is 5.54 Å². The summed E-state index contributed by atoms with van der Waals surface area (Å²) in [5.74, 6) is -0.179. The van der Waals surface area contributed by atoms with E-state index in [9.17, 15) is 4.79 Å². The van der Waals surface area contributed by atoms with Gasteiger partial charge in [-0.2, -0.15) is 0 Å². The fraction of sp³-hybridized carbons (Fsp3) is 0.917. The fourth-order valence-corrected chi connectivity index (χ4v) is 2.46. The highest BCUT2D eigenvalue weighted by molar-refractivity contribution is 5.85. The lowest BCUT2D eigenvalue weighted by Gasteiger charge is -2.37. The van der Waals surface area contributed by atoms with Gasteiger partial charge in [-0.3, -0.25) is 10.1 Å². The van der Waals surface area contributed by atoms with Crippen LogP contribution in [-0.4, -0.2) is 31.2 Å². The maximum absolute atomic E-state index is 11.7. The summed E-state index contributed by atoms with van der Waals surface area (Å²) in [6, 6.07) is 0.407. The molecule has 0 aliphatic heterocycles. The zero-order valence-electron chi connectivity index (χ0n) is 10.6. The molecular weight excluding hydrogens is 204 g/mol. The average Bonchev–Trinajstić information content (AvgIpc) is 2.68. The van der Waals surface area contributed by atoms with E-state index in [2.05, 4.69) is 5.32 Å². The van der Waals surface area contributed by atoms with Crippen molar-refractivity contribution in [2.45, 2.75) is 51.1 Å². The minimum absolute atomic E-state index is 0.130. The minimum Gasteiger partial charge on any atom is -0.382 e. The topological polar surface area (TPSA) is 64.3 Å². The average molecular weight is 228 g/mol. The van der Waals surface area contributed by atoms with Crippen molar-refractivity contribution in [1.82, 2.24) is 5.32 Å². The van der Waals surface area contributed by atoms with Crippen LogP contribution in [0.4, 0.5) is 0 Å². The molecule has 1 atom stereocenters. The molecule has 1 unspecified atom stereocenters. The van der Waals surface area contributed by atoms with Crippen LogP contribution in [0.3, 0.4) is 0 Å². The Hall–Kier alpha value is -0.610. The van der Waals surface area contributed by atoms with Gasteiger partial charge in [0, 0.05) is 13.2 Å². The Morgan fingerprint density at radius 2 is 2.06 bits per heavy atom. The van der Waals surface area contributed by atoms with Gasteiger partial charge >= 0.3 is 0 Å². The van der Waals surface area contributed by atoms with Gasteiger partial charge in [0.2, 0.25) is 5.91 Å². The van der Waals surface area contributed by atoms with Gasteiger partial charge in [-0.1, -0.05) is 26.7 Å². The Bertz CT molecular complexity index is 237. The molecule has 0 aromatic carbocycles. The van der Waals surface area contributed by atoms with Gasteiger partial charge < -0.3 is 10.5 Å². The smallest absolute Gasteiger partial charge is 0.240 e. The third kappa shape index (κ3) is 2.74. The lowest BCUT2D eigenvalue weighted by atomic mass is 9.85. The summed E-state index contributed by atoms with van der Waals surface area (Å²) in [6.45, 7) is 4.36. The molecule has 0 bridgehead atoms. The molecule has 1 aliphatic rings. The molecule has 0 radical (unpaired) electrons. The lowest BCUT2D eigenvalue weighted by molar-refractivity contribution is -0.129. The van der Waals surface area contributed by atoms with Crippen molar-refractivity contribution in [1.29, 1.82) is 0 Å². The zero-order chi connectivity index (χ0) is 12.2. The van der Waals surface area contributed by atoms with E-state index in [0.717, 1.165) is 12.8 Å². The quantitative estimate of drug-likeness (QED) is 0.714. The molecule has 0 heterocycles. The van der Waals surface area contributed by atoms with E-state index in [0.29, 0.717) is 12.6 Å². The summed E-state index contributed by atoms with van der Waals surface area (Å²) in [7, 11) is 1.61. The van der Waals surface area contributed by atoms with Crippen molar-refractivity contribution in [3.8, 4) is 0 Å². The lowest BCUT2D eigenvalue weighted by Crippen LogP contribution is -2.64. The van der Waals surface area contributed by atoms with E-state index >= 15 is 0 Å². The maximum Gasteiger partial charge on any atom is 0.240 e. The molecule has 16 heavy (non-hydrogen) atoms. The van der Waals surface area contributed by atoms with Crippen LogP contribution in [0, 0.1) is 5.92 Å². The highest BCUT2D eigenvalue weighted by Gasteiger charge is 2.41. The molecule has 1 amide bonds. The number of amides is 1. The number of primary amides is 1. The summed E-state index contributed by atoms with van der Waals surface area (Å²) in [4.78, 5) is 11.7. The van der Waals surface area contributed by atoms with Crippen molar-refractivity contribution < 1.29 is 9.53 Å². The molecule has 0 spiro atoms. The fourth-order valence-electron chi connectivity index (χ4n) is 2.46. The van der Waals surface area contributed by atoms with Crippen LogP contribution in [0.2, 0.25) is 0 Å². The largest absolute Gasteiger partial charge is 0.382 e. The van der Waals surface area contributed by atoms with E-state index in [-0.39, 0.29) is 11.8 Å². The summed E-state index contributed by atoms with van der Waals surface area (Å²) in [5, 5.41) is 3.43. The van der Waals surface area contributed by atoms with Crippen LogP contribution in [0.15, 0.2) is 0 Å². The minimum atomic E-state index is -0.718. The molecule has 4 heteroatoms. The molecule has 1 saturated carbocycles. The van der Waals surface area contributed by atoms with Crippen molar-refractivity contribution in [2.75, 3.05) is 13.7 Å². The van der Waals surface area contributed by atoms with Gasteiger partial charge in [-0.05, 0) is 18.8 Å². The van der Waals surface area contributed by atoms with Crippen LogP contribution in [0.1, 0.15) is 39.5 Å². The van der Waals surface area contributed by atoms with Crippen LogP contribution in [-0.2, 0) is 9.53 Å². The van der Waals surface area contributed by atoms with Gasteiger partial charge in [0.15, 0.2) is 0 Å². The van der Waals surface area contributed by atoms with Crippen LogP contribution < -0.4 is 11.1 Å². The molecule has 0 saturated heterocycles. The number of hydrogen-bond acceptors (Lipinski definition) is 3. The standard InChI is InChI=1S/C12H24N2O2/c1-9(2)12(8-16-3,11(13)15)14-10-6-4-5-7-10/h9-10,14H,4-8H2,1-3H3,(H2,13,15). The SMILES string of the molecule is COCC(NC1CCCC1)(C(N)=O)C(C)C. The van der Waals surface area contributed by atoms with Crippen molar-refractivity contribution in [3.63, 3.8) is 0 Å². The first-order valence-electron chi connectivity index (χ1n) is 6.09. The molecule has 4 nitrogen and oxygen atoms in total. The van der Waals surface area contributed by atoms with E-state index in [4.69, 9.17) is 10.5 Å². The Balaban J connectivity index is 2.77. The first-order valence-corrected chi connectivity index (χ1v) is 6.09. The number of methoxy groups -OCH3 is 1. The normalized spacial score (nSPS) is 21.2. The van der Waals surface area contributed by atoms with Crippen LogP contribution in [0.25, 0.3) is 0 Å². The number of ether oxygens (including phenoxy) is 1. The third-order valence-electron chi connectivity index (χ3n) is 3.61. The zero-order valence-corrected chi connectivity index (χ0v) is 10.6. The molecule has 1 rings (SSSR count). The Morgan fingerprint density at radius 3 is 2.44 bits per heavy atom. The molecule has 3 N–H and O–H groups in total. The number of nitrogens with two attached hydrogens (primary N) is 1. The Labute approximate surface area is 97.9 Å². The molecule has 1 fully saturated rings.